The number of benzene rings is 1. The van der Waals surface area contributed by atoms with Crippen LogP contribution in [0.3, 0.4) is 0 Å². The van der Waals surface area contributed by atoms with Crippen LogP contribution in [0.25, 0.3) is 0 Å². The Morgan fingerprint density at radius 1 is 1.47 bits per heavy atom. The van der Waals surface area contributed by atoms with Gasteiger partial charge in [-0.15, -0.1) is 0 Å². The minimum atomic E-state index is 0.111. The minimum Gasteiger partial charge on any atom is -0.497 e. The van der Waals surface area contributed by atoms with Gasteiger partial charge in [-0.3, -0.25) is 0 Å². The fraction of sp³-hybridized carbons (Fsp3) is 0.417. The van der Waals surface area contributed by atoms with Gasteiger partial charge in [0.2, 0.25) is 0 Å². The maximum atomic E-state index is 5.66. The molecule has 1 unspecified atom stereocenters. The highest BCUT2D eigenvalue weighted by Gasteiger charge is 2.08. The summed E-state index contributed by atoms with van der Waals surface area (Å²) < 4.78 is 10.3. The standard InChI is InChI=1S/C12H18N2O2S/c1-8(15-2)7-14-11-6-9(16-3)4-5-10(11)12(13)17/h4-6,8,14H,7H2,1-3H3,(H2,13,17). The molecule has 0 aliphatic rings. The molecule has 0 aromatic heterocycles. The third kappa shape index (κ3) is 3.87. The summed E-state index contributed by atoms with van der Waals surface area (Å²) in [6.07, 6.45) is 0.111. The molecule has 1 rings (SSSR count). The Hall–Kier alpha value is -1.33. The summed E-state index contributed by atoms with van der Waals surface area (Å²) in [5, 5.41) is 3.25. The van der Waals surface area contributed by atoms with Crippen LogP contribution in [0.2, 0.25) is 0 Å². The zero-order valence-corrected chi connectivity index (χ0v) is 11.1. The highest BCUT2D eigenvalue weighted by atomic mass is 32.1. The van der Waals surface area contributed by atoms with Gasteiger partial charge in [0.25, 0.3) is 0 Å². The van der Waals surface area contributed by atoms with E-state index in [9.17, 15) is 0 Å². The Labute approximate surface area is 107 Å². The van der Waals surface area contributed by atoms with Crippen LogP contribution in [0, 0.1) is 0 Å². The summed E-state index contributed by atoms with van der Waals surface area (Å²) in [7, 11) is 3.30. The maximum absolute atomic E-state index is 5.66. The normalized spacial score (nSPS) is 11.9. The molecule has 0 heterocycles. The second-order valence-corrected chi connectivity index (χ2v) is 4.14. The van der Waals surface area contributed by atoms with Crippen molar-refractivity contribution in [3.63, 3.8) is 0 Å². The Bertz CT molecular complexity index is 396. The molecule has 5 heteroatoms. The summed E-state index contributed by atoms with van der Waals surface area (Å²) in [6, 6.07) is 5.55. The predicted molar refractivity (Wildman–Crippen MR) is 73.8 cm³/mol. The number of methoxy groups -OCH3 is 2. The van der Waals surface area contributed by atoms with E-state index >= 15 is 0 Å². The summed E-state index contributed by atoms with van der Waals surface area (Å²) in [4.78, 5) is 0.361. The van der Waals surface area contributed by atoms with Crippen molar-refractivity contribution in [1.82, 2.24) is 0 Å². The lowest BCUT2D eigenvalue weighted by Gasteiger charge is -2.15. The van der Waals surface area contributed by atoms with Gasteiger partial charge in [-0.05, 0) is 19.1 Å². The highest BCUT2D eigenvalue weighted by Crippen LogP contribution is 2.22. The van der Waals surface area contributed by atoms with Gasteiger partial charge in [0, 0.05) is 31.0 Å². The first-order valence-electron chi connectivity index (χ1n) is 5.33. The molecule has 4 nitrogen and oxygen atoms in total. The quantitative estimate of drug-likeness (QED) is 0.758. The zero-order valence-electron chi connectivity index (χ0n) is 10.3. The molecule has 0 saturated heterocycles. The average molecular weight is 254 g/mol. The number of nitrogens with two attached hydrogens (primary N) is 1. The smallest absolute Gasteiger partial charge is 0.120 e. The fourth-order valence-corrected chi connectivity index (χ4v) is 1.53. The molecule has 94 valence electrons. The van der Waals surface area contributed by atoms with Crippen molar-refractivity contribution in [2.24, 2.45) is 5.73 Å². The van der Waals surface area contributed by atoms with Gasteiger partial charge < -0.3 is 20.5 Å². The van der Waals surface area contributed by atoms with E-state index in [2.05, 4.69) is 5.32 Å². The van der Waals surface area contributed by atoms with E-state index in [0.717, 1.165) is 17.0 Å². The van der Waals surface area contributed by atoms with Crippen molar-refractivity contribution in [1.29, 1.82) is 0 Å². The number of nitrogens with one attached hydrogen (secondary N) is 1. The van der Waals surface area contributed by atoms with Crippen LogP contribution in [-0.4, -0.2) is 31.9 Å². The van der Waals surface area contributed by atoms with Crippen LogP contribution in [0.5, 0.6) is 5.75 Å². The Kier molecular flexibility index (Phi) is 5.18. The first-order chi connectivity index (χ1) is 8.08. The molecule has 0 aliphatic carbocycles. The zero-order chi connectivity index (χ0) is 12.8. The lowest BCUT2D eigenvalue weighted by Crippen LogP contribution is -2.20. The summed E-state index contributed by atoms with van der Waals surface area (Å²) in [6.45, 7) is 2.66. The van der Waals surface area contributed by atoms with Crippen molar-refractivity contribution >= 4 is 22.9 Å². The minimum absolute atomic E-state index is 0.111. The SMILES string of the molecule is COc1ccc(C(N)=S)c(NCC(C)OC)c1. The molecule has 0 spiro atoms. The van der Waals surface area contributed by atoms with Crippen LogP contribution in [-0.2, 0) is 4.74 Å². The van der Waals surface area contributed by atoms with E-state index in [0.29, 0.717) is 11.5 Å². The van der Waals surface area contributed by atoms with E-state index in [-0.39, 0.29) is 6.10 Å². The van der Waals surface area contributed by atoms with Crippen molar-refractivity contribution in [3.05, 3.63) is 23.8 Å². The van der Waals surface area contributed by atoms with Gasteiger partial charge >= 0.3 is 0 Å². The van der Waals surface area contributed by atoms with Gasteiger partial charge in [-0.2, -0.15) is 0 Å². The number of hydrogen-bond donors (Lipinski definition) is 2. The maximum Gasteiger partial charge on any atom is 0.120 e. The molecule has 17 heavy (non-hydrogen) atoms. The van der Waals surface area contributed by atoms with Crippen LogP contribution in [0.15, 0.2) is 18.2 Å². The van der Waals surface area contributed by atoms with Gasteiger partial charge in [-0.25, -0.2) is 0 Å². The largest absolute Gasteiger partial charge is 0.497 e. The van der Waals surface area contributed by atoms with Crippen LogP contribution in [0.1, 0.15) is 12.5 Å². The number of rotatable bonds is 6. The van der Waals surface area contributed by atoms with E-state index in [1.807, 2.05) is 25.1 Å². The topological polar surface area (TPSA) is 56.5 Å². The van der Waals surface area contributed by atoms with E-state index in [1.54, 1.807) is 14.2 Å². The molecule has 3 N–H and O–H groups in total. The first kappa shape index (κ1) is 13.7. The van der Waals surface area contributed by atoms with Gasteiger partial charge in [-0.1, -0.05) is 12.2 Å². The molecular weight excluding hydrogens is 236 g/mol. The average Bonchev–Trinajstić information content (AvgIpc) is 2.35. The van der Waals surface area contributed by atoms with Crippen molar-refractivity contribution < 1.29 is 9.47 Å². The summed E-state index contributed by atoms with van der Waals surface area (Å²) >= 11 is 5.00. The number of hydrogen-bond acceptors (Lipinski definition) is 4. The molecule has 0 fully saturated rings. The molecule has 0 aliphatic heterocycles. The third-order valence-corrected chi connectivity index (χ3v) is 2.69. The van der Waals surface area contributed by atoms with E-state index in [1.165, 1.54) is 0 Å². The lowest BCUT2D eigenvalue weighted by atomic mass is 10.1. The second-order valence-electron chi connectivity index (χ2n) is 3.70. The Morgan fingerprint density at radius 2 is 2.18 bits per heavy atom. The number of anilines is 1. The van der Waals surface area contributed by atoms with Crippen molar-refractivity contribution in [2.75, 3.05) is 26.1 Å². The van der Waals surface area contributed by atoms with Crippen molar-refractivity contribution in [3.8, 4) is 5.75 Å². The molecule has 1 aromatic carbocycles. The van der Waals surface area contributed by atoms with Crippen LogP contribution in [0.4, 0.5) is 5.69 Å². The molecule has 1 aromatic rings. The number of thiocarbonyl (C=S) groups is 1. The highest BCUT2D eigenvalue weighted by molar-refractivity contribution is 7.80. The molecule has 0 radical (unpaired) electrons. The predicted octanol–water partition coefficient (Wildman–Crippen LogP) is 1.78. The van der Waals surface area contributed by atoms with Crippen molar-refractivity contribution in [2.45, 2.75) is 13.0 Å². The van der Waals surface area contributed by atoms with Gasteiger partial charge in [0.1, 0.15) is 10.7 Å². The summed E-state index contributed by atoms with van der Waals surface area (Å²) in [5.74, 6) is 0.762. The van der Waals surface area contributed by atoms with Crippen LogP contribution >= 0.6 is 12.2 Å². The summed E-state index contributed by atoms with van der Waals surface area (Å²) in [5.41, 5.74) is 7.34. The monoisotopic (exact) mass is 254 g/mol. The molecule has 0 amide bonds. The fourth-order valence-electron chi connectivity index (χ4n) is 1.35. The Morgan fingerprint density at radius 3 is 2.71 bits per heavy atom. The van der Waals surface area contributed by atoms with E-state index < -0.39 is 0 Å². The third-order valence-electron chi connectivity index (χ3n) is 2.47. The van der Waals surface area contributed by atoms with E-state index in [4.69, 9.17) is 27.4 Å². The molecule has 0 bridgehead atoms. The molecule has 0 saturated carbocycles. The second kappa shape index (κ2) is 6.42. The molecular formula is C12H18N2O2S. The first-order valence-corrected chi connectivity index (χ1v) is 5.73. The molecule has 1 atom stereocenters. The van der Waals surface area contributed by atoms with Gasteiger partial charge in [0.15, 0.2) is 0 Å². The Balaban J connectivity index is 2.89. The van der Waals surface area contributed by atoms with Crippen LogP contribution < -0.4 is 15.8 Å². The van der Waals surface area contributed by atoms with Gasteiger partial charge in [0.05, 0.1) is 13.2 Å². The number of ether oxygens (including phenoxy) is 2. The lowest BCUT2D eigenvalue weighted by molar-refractivity contribution is 0.129.